The molecule has 18 heavy (non-hydrogen) atoms. The fraction of sp³-hybridized carbons (Fsp3) is 0.538. The normalized spacial score (nSPS) is 19.3. The van der Waals surface area contributed by atoms with Gasteiger partial charge in [-0.1, -0.05) is 0 Å². The number of carbonyl (C=O) groups excluding carboxylic acids is 2. The van der Waals surface area contributed by atoms with Crippen molar-refractivity contribution in [3.05, 3.63) is 24.5 Å². The molecule has 0 aliphatic carbocycles. The van der Waals surface area contributed by atoms with Gasteiger partial charge in [0.15, 0.2) is 0 Å². The maximum Gasteiger partial charge on any atom is 0.225 e. The molecule has 1 aliphatic heterocycles. The van der Waals surface area contributed by atoms with E-state index < -0.39 is 0 Å². The van der Waals surface area contributed by atoms with Crippen LogP contribution in [0.3, 0.4) is 0 Å². The van der Waals surface area contributed by atoms with Crippen LogP contribution >= 0.6 is 0 Å². The number of hydrogen-bond donors (Lipinski definition) is 1. The predicted octanol–water partition coefficient (Wildman–Crippen LogP) is 0.473. The second-order valence-corrected chi connectivity index (χ2v) is 4.74. The second kappa shape index (κ2) is 5.71. The van der Waals surface area contributed by atoms with Crippen LogP contribution < -0.4 is 5.32 Å². The third kappa shape index (κ3) is 3.12. The molecule has 0 aromatic carbocycles. The number of amides is 2. The first-order valence-electron chi connectivity index (χ1n) is 6.29. The number of aromatic nitrogens is 1. The van der Waals surface area contributed by atoms with E-state index in [0.717, 1.165) is 13.0 Å². The third-order valence-electron chi connectivity index (χ3n) is 3.27. The lowest BCUT2D eigenvalue weighted by molar-refractivity contribution is -0.128. The standard InChI is InChI=1S/C13H19N3O2/c1-15-10-11(9-12(15)17)13(18)14-5-4-8-16-6-2-3-7-16/h2-3,6-7,11H,4-5,8-10H2,1H3,(H,14,18). The average molecular weight is 249 g/mol. The molecule has 1 aromatic heterocycles. The Bertz CT molecular complexity index is 414. The highest BCUT2D eigenvalue weighted by Gasteiger charge is 2.31. The van der Waals surface area contributed by atoms with Crippen molar-refractivity contribution >= 4 is 11.8 Å². The monoisotopic (exact) mass is 249 g/mol. The summed E-state index contributed by atoms with van der Waals surface area (Å²) in [7, 11) is 1.74. The van der Waals surface area contributed by atoms with Crippen molar-refractivity contribution in [2.75, 3.05) is 20.1 Å². The van der Waals surface area contributed by atoms with Crippen LogP contribution in [0.4, 0.5) is 0 Å². The van der Waals surface area contributed by atoms with E-state index in [9.17, 15) is 9.59 Å². The minimum absolute atomic E-state index is 0.000191. The van der Waals surface area contributed by atoms with Gasteiger partial charge in [0.05, 0.1) is 5.92 Å². The molecule has 0 saturated carbocycles. The van der Waals surface area contributed by atoms with Gasteiger partial charge in [-0.05, 0) is 18.6 Å². The number of hydrogen-bond acceptors (Lipinski definition) is 2. The molecule has 0 radical (unpaired) electrons. The SMILES string of the molecule is CN1CC(C(=O)NCCCn2cccc2)CC1=O. The zero-order chi connectivity index (χ0) is 13.0. The number of nitrogens with zero attached hydrogens (tertiary/aromatic N) is 2. The topological polar surface area (TPSA) is 54.3 Å². The van der Waals surface area contributed by atoms with Gasteiger partial charge in [0, 0.05) is 45.5 Å². The molecule has 0 spiro atoms. The molecule has 1 aliphatic rings. The highest BCUT2D eigenvalue weighted by molar-refractivity contribution is 5.89. The van der Waals surface area contributed by atoms with Gasteiger partial charge in [-0.2, -0.15) is 0 Å². The summed E-state index contributed by atoms with van der Waals surface area (Å²) in [6, 6.07) is 3.97. The number of aryl methyl sites for hydroxylation is 1. The lowest BCUT2D eigenvalue weighted by Crippen LogP contribution is -2.33. The molecular weight excluding hydrogens is 230 g/mol. The van der Waals surface area contributed by atoms with Crippen molar-refractivity contribution in [1.29, 1.82) is 0 Å². The summed E-state index contributed by atoms with van der Waals surface area (Å²) in [6.07, 6.45) is 5.26. The number of rotatable bonds is 5. The molecular formula is C13H19N3O2. The van der Waals surface area contributed by atoms with Crippen molar-refractivity contribution in [1.82, 2.24) is 14.8 Å². The molecule has 5 nitrogen and oxygen atoms in total. The second-order valence-electron chi connectivity index (χ2n) is 4.74. The van der Waals surface area contributed by atoms with Crippen LogP contribution in [-0.4, -0.2) is 41.4 Å². The first-order chi connectivity index (χ1) is 8.66. The maximum absolute atomic E-state index is 11.8. The molecule has 1 N–H and O–H groups in total. The van der Waals surface area contributed by atoms with Gasteiger partial charge in [-0.15, -0.1) is 0 Å². The van der Waals surface area contributed by atoms with Gasteiger partial charge in [0.25, 0.3) is 0 Å². The summed E-state index contributed by atoms with van der Waals surface area (Å²) in [5.74, 6) is -0.114. The predicted molar refractivity (Wildman–Crippen MR) is 67.8 cm³/mol. The van der Waals surface area contributed by atoms with E-state index in [4.69, 9.17) is 0 Å². The highest BCUT2D eigenvalue weighted by atomic mass is 16.2. The van der Waals surface area contributed by atoms with Crippen LogP contribution in [0.2, 0.25) is 0 Å². The van der Waals surface area contributed by atoms with Crippen LogP contribution in [0.25, 0.3) is 0 Å². The fourth-order valence-corrected chi connectivity index (χ4v) is 2.18. The molecule has 98 valence electrons. The van der Waals surface area contributed by atoms with Crippen LogP contribution in [0.5, 0.6) is 0 Å². The molecule has 2 rings (SSSR count). The summed E-state index contributed by atoms with van der Waals surface area (Å²) >= 11 is 0. The van der Waals surface area contributed by atoms with Crippen molar-refractivity contribution in [2.24, 2.45) is 5.92 Å². The van der Waals surface area contributed by atoms with E-state index in [1.54, 1.807) is 11.9 Å². The minimum Gasteiger partial charge on any atom is -0.356 e. The summed E-state index contributed by atoms with van der Waals surface area (Å²) in [5, 5.41) is 2.90. The Balaban J connectivity index is 1.65. The lowest BCUT2D eigenvalue weighted by Gasteiger charge is -2.11. The summed E-state index contributed by atoms with van der Waals surface area (Å²) in [4.78, 5) is 24.7. The number of carbonyl (C=O) groups is 2. The largest absolute Gasteiger partial charge is 0.356 e. The molecule has 0 bridgehead atoms. The zero-order valence-electron chi connectivity index (χ0n) is 10.6. The van der Waals surface area contributed by atoms with Crippen molar-refractivity contribution in [3.8, 4) is 0 Å². The molecule has 1 unspecified atom stereocenters. The third-order valence-corrected chi connectivity index (χ3v) is 3.27. The Morgan fingerprint density at radius 2 is 2.17 bits per heavy atom. The maximum atomic E-state index is 11.8. The zero-order valence-corrected chi connectivity index (χ0v) is 10.6. The Morgan fingerprint density at radius 3 is 2.78 bits per heavy atom. The summed E-state index contributed by atoms with van der Waals surface area (Å²) in [5.41, 5.74) is 0. The van der Waals surface area contributed by atoms with Crippen LogP contribution in [0, 0.1) is 5.92 Å². The van der Waals surface area contributed by atoms with Gasteiger partial charge in [-0.3, -0.25) is 9.59 Å². The first-order valence-corrected chi connectivity index (χ1v) is 6.29. The molecule has 1 saturated heterocycles. The molecule has 2 heterocycles. The van der Waals surface area contributed by atoms with Crippen LogP contribution in [0.1, 0.15) is 12.8 Å². The van der Waals surface area contributed by atoms with Crippen LogP contribution in [-0.2, 0) is 16.1 Å². The van der Waals surface area contributed by atoms with Gasteiger partial charge in [0.1, 0.15) is 0 Å². The Morgan fingerprint density at radius 1 is 1.44 bits per heavy atom. The van der Waals surface area contributed by atoms with E-state index in [1.807, 2.05) is 24.5 Å². The van der Waals surface area contributed by atoms with E-state index in [2.05, 4.69) is 9.88 Å². The molecule has 5 heteroatoms. The average Bonchev–Trinajstić information content (AvgIpc) is 2.96. The van der Waals surface area contributed by atoms with Crippen molar-refractivity contribution in [3.63, 3.8) is 0 Å². The Labute approximate surface area is 107 Å². The Hall–Kier alpha value is -1.78. The van der Waals surface area contributed by atoms with E-state index in [-0.39, 0.29) is 17.7 Å². The van der Waals surface area contributed by atoms with Gasteiger partial charge in [0.2, 0.25) is 11.8 Å². The van der Waals surface area contributed by atoms with Crippen molar-refractivity contribution in [2.45, 2.75) is 19.4 Å². The molecule has 1 atom stereocenters. The lowest BCUT2D eigenvalue weighted by atomic mass is 10.1. The van der Waals surface area contributed by atoms with E-state index >= 15 is 0 Å². The number of likely N-dealkylation sites (tertiary alicyclic amines) is 1. The molecule has 2 amide bonds. The van der Waals surface area contributed by atoms with Crippen molar-refractivity contribution < 1.29 is 9.59 Å². The quantitative estimate of drug-likeness (QED) is 0.771. The van der Waals surface area contributed by atoms with Gasteiger partial charge in [-0.25, -0.2) is 0 Å². The smallest absolute Gasteiger partial charge is 0.225 e. The van der Waals surface area contributed by atoms with Crippen LogP contribution in [0.15, 0.2) is 24.5 Å². The minimum atomic E-state index is -0.172. The van der Waals surface area contributed by atoms with Gasteiger partial charge < -0.3 is 14.8 Å². The number of nitrogens with one attached hydrogen (secondary N) is 1. The van der Waals surface area contributed by atoms with E-state index in [0.29, 0.717) is 19.5 Å². The fourth-order valence-electron chi connectivity index (χ4n) is 2.18. The van der Waals surface area contributed by atoms with E-state index in [1.165, 1.54) is 0 Å². The summed E-state index contributed by atoms with van der Waals surface area (Å²) < 4.78 is 2.08. The molecule has 1 fully saturated rings. The molecule has 1 aromatic rings. The van der Waals surface area contributed by atoms with Gasteiger partial charge >= 0.3 is 0 Å². The highest BCUT2D eigenvalue weighted by Crippen LogP contribution is 2.15. The Kier molecular flexibility index (Phi) is 4.02. The summed E-state index contributed by atoms with van der Waals surface area (Å²) in [6.45, 7) is 2.10. The first kappa shape index (κ1) is 12.7.